The first-order valence-electron chi connectivity index (χ1n) is 11.3. The number of pyridine rings is 1. The summed E-state index contributed by atoms with van der Waals surface area (Å²) in [6, 6.07) is 4.70. The van der Waals surface area contributed by atoms with Gasteiger partial charge in [-0.2, -0.15) is 0 Å². The van der Waals surface area contributed by atoms with Crippen LogP contribution in [0.5, 0.6) is 11.5 Å². The summed E-state index contributed by atoms with van der Waals surface area (Å²) < 4.78 is 32.3. The van der Waals surface area contributed by atoms with Gasteiger partial charge < -0.3 is 24.6 Å². The Kier molecular flexibility index (Phi) is 7.42. The zero-order valence-corrected chi connectivity index (χ0v) is 20.8. The van der Waals surface area contributed by atoms with Crippen LogP contribution in [0.2, 0.25) is 0 Å². The third kappa shape index (κ3) is 6.74. The van der Waals surface area contributed by atoms with Crippen molar-refractivity contribution in [3.05, 3.63) is 35.8 Å². The van der Waals surface area contributed by atoms with Crippen molar-refractivity contribution >= 4 is 18.0 Å². The second-order valence-corrected chi connectivity index (χ2v) is 10.3. The first-order valence-corrected chi connectivity index (χ1v) is 11.3. The first-order chi connectivity index (χ1) is 16.3. The van der Waals surface area contributed by atoms with Crippen LogP contribution in [0.4, 0.5) is 19.8 Å². The van der Waals surface area contributed by atoms with Crippen molar-refractivity contribution in [3.63, 3.8) is 0 Å². The Bertz CT molecular complexity index is 1120. The van der Waals surface area contributed by atoms with Crippen molar-refractivity contribution in [2.45, 2.75) is 65.7 Å². The van der Waals surface area contributed by atoms with Crippen LogP contribution in [0.25, 0.3) is 11.1 Å². The molecular weight excluding hydrogens is 457 g/mol. The summed E-state index contributed by atoms with van der Waals surface area (Å²) in [5, 5.41) is 14.0. The van der Waals surface area contributed by atoms with Crippen molar-refractivity contribution in [2.24, 2.45) is 5.92 Å². The number of fused-ring (bicyclic) bond motifs is 3. The third-order valence-electron chi connectivity index (χ3n) is 5.18. The van der Waals surface area contributed by atoms with E-state index in [0.29, 0.717) is 23.3 Å². The topological polar surface area (TPSA) is 119 Å². The zero-order chi connectivity index (χ0) is 26.0. The van der Waals surface area contributed by atoms with E-state index in [0.717, 1.165) is 0 Å². The molecule has 3 rings (SSSR count). The highest BCUT2D eigenvalue weighted by molar-refractivity contribution is 5.84. The number of carbonyl (C=O) groups is 2. The first kappa shape index (κ1) is 26.1. The molecule has 1 aromatic carbocycles. The molecule has 9 nitrogen and oxygen atoms in total. The lowest BCUT2D eigenvalue weighted by atomic mass is 9.91. The highest BCUT2D eigenvalue weighted by Crippen LogP contribution is 2.41. The van der Waals surface area contributed by atoms with Crippen LogP contribution in [-0.2, 0) is 11.3 Å². The standard InChI is InChI=1S/C25H32FN3O6/c1-14(2)10-25(6,29-23(32)35-24(3,4)5)13-34-18-8-7-15-16-9-20(28-22(30)31)27-11-19(16)33-12-17(15)21(18)26/h7-9,11,14H,10,12-13H2,1-6H3,(H,27,28)(H,29,32)(H,30,31)/t25-/m0/s1. The van der Waals surface area contributed by atoms with Crippen molar-refractivity contribution in [2.75, 3.05) is 11.9 Å². The predicted octanol–water partition coefficient (Wildman–Crippen LogP) is 5.58. The molecule has 0 aliphatic carbocycles. The molecule has 190 valence electrons. The summed E-state index contributed by atoms with van der Waals surface area (Å²) >= 11 is 0. The summed E-state index contributed by atoms with van der Waals surface area (Å²) in [6.45, 7) is 11.2. The summed E-state index contributed by atoms with van der Waals surface area (Å²) in [7, 11) is 0. The molecule has 0 saturated carbocycles. The average Bonchev–Trinajstić information content (AvgIpc) is 2.70. The van der Waals surface area contributed by atoms with Gasteiger partial charge in [-0.1, -0.05) is 13.8 Å². The highest BCUT2D eigenvalue weighted by atomic mass is 19.1. The molecule has 0 fully saturated rings. The number of hydrogen-bond acceptors (Lipinski definition) is 6. The zero-order valence-electron chi connectivity index (χ0n) is 20.8. The molecule has 2 heterocycles. The number of carboxylic acid groups (broad SMARTS) is 1. The number of anilines is 1. The molecule has 0 unspecified atom stereocenters. The maximum absolute atomic E-state index is 15.4. The average molecular weight is 490 g/mol. The van der Waals surface area contributed by atoms with Crippen LogP contribution >= 0.6 is 0 Å². The lowest BCUT2D eigenvalue weighted by molar-refractivity contribution is 0.0406. The molecule has 1 aliphatic rings. The number of nitrogens with one attached hydrogen (secondary N) is 2. The van der Waals surface area contributed by atoms with E-state index in [1.54, 1.807) is 26.8 Å². The molecule has 1 atom stereocenters. The van der Waals surface area contributed by atoms with Gasteiger partial charge in [0.05, 0.1) is 11.7 Å². The Balaban J connectivity index is 1.82. The van der Waals surface area contributed by atoms with E-state index in [1.807, 2.05) is 20.8 Å². The van der Waals surface area contributed by atoms with Crippen molar-refractivity contribution < 1.29 is 33.3 Å². The Hall–Kier alpha value is -3.56. The fraction of sp³-hybridized carbons (Fsp3) is 0.480. The summed E-state index contributed by atoms with van der Waals surface area (Å²) in [5.41, 5.74) is -0.0890. The predicted molar refractivity (Wildman–Crippen MR) is 128 cm³/mol. The molecule has 35 heavy (non-hydrogen) atoms. The normalized spacial score (nSPS) is 14.2. The van der Waals surface area contributed by atoms with E-state index < -0.39 is 29.1 Å². The Morgan fingerprint density at radius 1 is 1.23 bits per heavy atom. The van der Waals surface area contributed by atoms with E-state index >= 15 is 4.39 Å². The minimum Gasteiger partial charge on any atom is -0.488 e. The molecule has 1 aliphatic heterocycles. The van der Waals surface area contributed by atoms with Crippen molar-refractivity contribution in [3.8, 4) is 22.6 Å². The summed E-state index contributed by atoms with van der Waals surface area (Å²) in [6.07, 6.45) is 0.154. The maximum Gasteiger partial charge on any atom is 0.410 e. The minimum atomic E-state index is -1.26. The van der Waals surface area contributed by atoms with E-state index in [2.05, 4.69) is 15.6 Å². The number of carbonyl (C=O) groups excluding carboxylic acids is 1. The summed E-state index contributed by atoms with van der Waals surface area (Å²) in [5.74, 6) is 0.203. The number of hydrogen-bond donors (Lipinski definition) is 3. The molecule has 0 saturated heterocycles. The van der Waals surface area contributed by atoms with Gasteiger partial charge in [-0.15, -0.1) is 0 Å². The number of aromatic nitrogens is 1. The lowest BCUT2D eigenvalue weighted by Crippen LogP contribution is -2.52. The molecule has 10 heteroatoms. The minimum absolute atomic E-state index is 0.0220. The number of nitrogens with zero attached hydrogens (tertiary/aromatic N) is 1. The lowest BCUT2D eigenvalue weighted by Gasteiger charge is -2.33. The molecule has 2 amide bonds. The molecular formula is C25H32FN3O6. The van der Waals surface area contributed by atoms with Gasteiger partial charge in [-0.05, 0) is 63.8 Å². The number of ether oxygens (including phenoxy) is 3. The number of benzene rings is 1. The third-order valence-corrected chi connectivity index (χ3v) is 5.18. The number of halogens is 1. The smallest absolute Gasteiger partial charge is 0.410 e. The molecule has 2 aromatic rings. The van der Waals surface area contributed by atoms with E-state index in [9.17, 15) is 9.59 Å². The maximum atomic E-state index is 15.4. The molecule has 1 aromatic heterocycles. The van der Waals surface area contributed by atoms with Crippen molar-refractivity contribution in [1.29, 1.82) is 0 Å². The SMILES string of the molecule is CC(C)C[C@@](C)(COc1ccc2c(c1F)COc1cnc(NC(=O)O)cc1-2)NC(=O)OC(C)(C)C. The summed E-state index contributed by atoms with van der Waals surface area (Å²) in [4.78, 5) is 27.3. The number of alkyl carbamates (subject to hydrolysis) is 1. The van der Waals surface area contributed by atoms with Gasteiger partial charge in [0, 0.05) is 11.1 Å². The molecule has 0 radical (unpaired) electrons. The van der Waals surface area contributed by atoms with Gasteiger partial charge in [-0.3, -0.25) is 5.32 Å². The molecule has 3 N–H and O–H groups in total. The van der Waals surface area contributed by atoms with Gasteiger partial charge >= 0.3 is 12.2 Å². The fourth-order valence-corrected chi connectivity index (χ4v) is 4.03. The second-order valence-electron chi connectivity index (χ2n) is 10.3. The van der Waals surface area contributed by atoms with Crippen LogP contribution in [0.1, 0.15) is 53.5 Å². The molecule has 0 bridgehead atoms. The quantitative estimate of drug-likeness (QED) is 0.465. The van der Waals surface area contributed by atoms with Crippen LogP contribution in [0.3, 0.4) is 0 Å². The number of amides is 2. The van der Waals surface area contributed by atoms with Gasteiger partial charge in [-0.25, -0.2) is 19.0 Å². The largest absolute Gasteiger partial charge is 0.488 e. The van der Waals surface area contributed by atoms with Crippen LogP contribution < -0.4 is 20.1 Å². The van der Waals surface area contributed by atoms with E-state index in [4.69, 9.17) is 19.3 Å². The van der Waals surface area contributed by atoms with Crippen LogP contribution in [0, 0.1) is 11.7 Å². The van der Waals surface area contributed by atoms with Crippen LogP contribution in [0.15, 0.2) is 24.4 Å². The Labute approximate surface area is 204 Å². The van der Waals surface area contributed by atoms with Gasteiger partial charge in [0.2, 0.25) is 0 Å². The van der Waals surface area contributed by atoms with Crippen molar-refractivity contribution in [1.82, 2.24) is 10.3 Å². The van der Waals surface area contributed by atoms with Gasteiger partial charge in [0.25, 0.3) is 0 Å². The van der Waals surface area contributed by atoms with E-state index in [-0.39, 0.29) is 36.3 Å². The van der Waals surface area contributed by atoms with E-state index in [1.165, 1.54) is 18.3 Å². The second kappa shape index (κ2) is 9.97. The van der Waals surface area contributed by atoms with Gasteiger partial charge in [0.15, 0.2) is 11.6 Å². The highest BCUT2D eigenvalue weighted by Gasteiger charge is 2.32. The fourth-order valence-electron chi connectivity index (χ4n) is 4.03. The molecule has 0 spiro atoms. The monoisotopic (exact) mass is 489 g/mol. The Morgan fingerprint density at radius 2 is 1.94 bits per heavy atom. The Morgan fingerprint density at radius 3 is 2.57 bits per heavy atom. The van der Waals surface area contributed by atoms with Crippen LogP contribution in [-0.4, -0.2) is 40.0 Å². The number of rotatable bonds is 7. The van der Waals surface area contributed by atoms with Gasteiger partial charge in [0.1, 0.15) is 30.4 Å².